The lowest BCUT2D eigenvalue weighted by Gasteiger charge is -2.31. The molecule has 1 atom stereocenters. The van der Waals surface area contributed by atoms with E-state index in [9.17, 15) is 0 Å². The minimum absolute atomic E-state index is 0.555. The van der Waals surface area contributed by atoms with Gasteiger partial charge in [0.05, 0.1) is 0 Å². The SMILES string of the molecule is C=C(/C=C1\N(C(=C)C)CC2CCCCN12)OCc1ccc(C)cc1. The van der Waals surface area contributed by atoms with Crippen molar-refractivity contribution in [3.8, 4) is 0 Å². The third kappa shape index (κ3) is 3.66. The molecule has 1 unspecified atom stereocenters. The van der Waals surface area contributed by atoms with Gasteiger partial charge >= 0.3 is 0 Å². The average Bonchev–Trinajstić information content (AvgIpc) is 2.93. The van der Waals surface area contributed by atoms with Gasteiger partial charge in [-0.05, 0) is 38.7 Å². The lowest BCUT2D eigenvalue weighted by molar-refractivity contribution is 0.205. The Morgan fingerprint density at radius 3 is 2.71 bits per heavy atom. The minimum Gasteiger partial charge on any atom is -0.489 e. The normalized spacial score (nSPS) is 21.8. The summed E-state index contributed by atoms with van der Waals surface area (Å²) in [5, 5.41) is 0. The monoisotopic (exact) mass is 324 g/mol. The van der Waals surface area contributed by atoms with E-state index >= 15 is 0 Å². The van der Waals surface area contributed by atoms with Crippen molar-refractivity contribution in [1.29, 1.82) is 0 Å². The number of fused-ring (bicyclic) bond motifs is 1. The van der Waals surface area contributed by atoms with Crippen LogP contribution in [0, 0.1) is 6.92 Å². The molecule has 3 nitrogen and oxygen atoms in total. The van der Waals surface area contributed by atoms with Crippen molar-refractivity contribution in [2.75, 3.05) is 13.1 Å². The van der Waals surface area contributed by atoms with Crippen LogP contribution in [0.2, 0.25) is 0 Å². The van der Waals surface area contributed by atoms with Gasteiger partial charge in [-0.1, -0.05) is 43.0 Å². The summed E-state index contributed by atoms with van der Waals surface area (Å²) in [5.74, 6) is 1.91. The molecule has 0 bridgehead atoms. The van der Waals surface area contributed by atoms with Crippen molar-refractivity contribution in [3.63, 3.8) is 0 Å². The van der Waals surface area contributed by atoms with Crippen LogP contribution >= 0.6 is 0 Å². The summed E-state index contributed by atoms with van der Waals surface area (Å²) >= 11 is 0. The molecule has 0 saturated carbocycles. The van der Waals surface area contributed by atoms with Gasteiger partial charge < -0.3 is 14.5 Å². The highest BCUT2D eigenvalue weighted by atomic mass is 16.5. The summed E-state index contributed by atoms with van der Waals surface area (Å²) in [6, 6.07) is 9.03. The highest BCUT2D eigenvalue weighted by molar-refractivity contribution is 5.24. The Morgan fingerprint density at radius 1 is 1.25 bits per heavy atom. The van der Waals surface area contributed by atoms with Crippen LogP contribution in [0.5, 0.6) is 0 Å². The first-order valence-corrected chi connectivity index (χ1v) is 8.83. The van der Waals surface area contributed by atoms with Crippen LogP contribution in [0.15, 0.2) is 60.8 Å². The Labute approximate surface area is 145 Å². The predicted octanol–water partition coefficient (Wildman–Crippen LogP) is 4.57. The molecular formula is C21H28N2O. The number of hydrogen-bond donors (Lipinski definition) is 0. The fraction of sp³-hybridized carbons (Fsp3) is 0.429. The zero-order chi connectivity index (χ0) is 17.1. The first-order chi connectivity index (χ1) is 11.5. The average molecular weight is 324 g/mol. The molecule has 128 valence electrons. The minimum atomic E-state index is 0.555. The van der Waals surface area contributed by atoms with Gasteiger partial charge in [0.15, 0.2) is 0 Å². The van der Waals surface area contributed by atoms with Crippen molar-refractivity contribution in [1.82, 2.24) is 9.80 Å². The topological polar surface area (TPSA) is 15.7 Å². The van der Waals surface area contributed by atoms with E-state index in [1.165, 1.54) is 36.2 Å². The Balaban J connectivity index is 1.68. The van der Waals surface area contributed by atoms with Gasteiger partial charge in [-0.25, -0.2) is 0 Å². The summed E-state index contributed by atoms with van der Waals surface area (Å²) in [4.78, 5) is 4.80. The number of ether oxygens (including phenoxy) is 1. The van der Waals surface area contributed by atoms with E-state index in [0.29, 0.717) is 18.4 Å². The third-order valence-electron chi connectivity index (χ3n) is 4.89. The molecule has 2 fully saturated rings. The Bertz CT molecular complexity index is 644. The zero-order valence-electron chi connectivity index (χ0n) is 14.9. The molecule has 2 aliphatic heterocycles. The van der Waals surface area contributed by atoms with Crippen LogP contribution in [0.1, 0.15) is 37.3 Å². The van der Waals surface area contributed by atoms with Crippen molar-refractivity contribution < 1.29 is 4.74 Å². The van der Waals surface area contributed by atoms with E-state index in [-0.39, 0.29) is 0 Å². The third-order valence-corrected chi connectivity index (χ3v) is 4.89. The molecule has 0 aromatic heterocycles. The Kier molecular flexibility index (Phi) is 4.98. The maximum absolute atomic E-state index is 5.88. The first kappa shape index (κ1) is 16.7. The van der Waals surface area contributed by atoms with Crippen molar-refractivity contribution in [2.45, 2.75) is 45.8 Å². The van der Waals surface area contributed by atoms with Crippen molar-refractivity contribution in [3.05, 3.63) is 71.9 Å². The lowest BCUT2D eigenvalue weighted by atomic mass is 10.0. The van der Waals surface area contributed by atoms with E-state index < -0.39 is 0 Å². The van der Waals surface area contributed by atoms with Gasteiger partial charge in [-0.15, -0.1) is 0 Å². The van der Waals surface area contributed by atoms with E-state index in [2.05, 4.69) is 67.1 Å². The zero-order valence-corrected chi connectivity index (χ0v) is 14.9. The maximum Gasteiger partial charge on any atom is 0.116 e. The molecular weight excluding hydrogens is 296 g/mol. The van der Waals surface area contributed by atoms with Gasteiger partial charge in [0, 0.05) is 30.9 Å². The van der Waals surface area contributed by atoms with Crippen LogP contribution in [0.3, 0.4) is 0 Å². The molecule has 3 heteroatoms. The largest absolute Gasteiger partial charge is 0.489 e. The summed E-state index contributed by atoms with van der Waals surface area (Å²) in [6.07, 6.45) is 5.92. The summed E-state index contributed by atoms with van der Waals surface area (Å²) in [5.41, 5.74) is 3.51. The van der Waals surface area contributed by atoms with Crippen LogP contribution in [-0.4, -0.2) is 28.9 Å². The number of aryl methyl sites for hydroxylation is 1. The molecule has 2 heterocycles. The number of benzene rings is 1. The highest BCUT2D eigenvalue weighted by Crippen LogP contribution is 2.33. The van der Waals surface area contributed by atoms with Crippen LogP contribution in [0.25, 0.3) is 0 Å². The molecule has 0 N–H and O–H groups in total. The molecule has 2 saturated heterocycles. The fourth-order valence-electron chi connectivity index (χ4n) is 3.51. The van der Waals surface area contributed by atoms with E-state index in [4.69, 9.17) is 4.74 Å². The second-order valence-electron chi connectivity index (χ2n) is 6.93. The first-order valence-electron chi connectivity index (χ1n) is 8.83. The summed E-state index contributed by atoms with van der Waals surface area (Å²) < 4.78 is 5.88. The van der Waals surface area contributed by atoms with Crippen molar-refractivity contribution in [2.24, 2.45) is 0 Å². The molecule has 1 aromatic carbocycles. The van der Waals surface area contributed by atoms with E-state index in [1.807, 2.05) is 0 Å². The second-order valence-corrected chi connectivity index (χ2v) is 6.93. The van der Waals surface area contributed by atoms with Gasteiger partial charge in [0.25, 0.3) is 0 Å². The molecule has 1 aromatic rings. The summed E-state index contributed by atoms with van der Waals surface area (Å²) in [7, 11) is 0. The molecule has 0 spiro atoms. The van der Waals surface area contributed by atoms with Crippen LogP contribution in [-0.2, 0) is 11.3 Å². The smallest absolute Gasteiger partial charge is 0.116 e. The number of nitrogens with zero attached hydrogens (tertiary/aromatic N) is 2. The quantitative estimate of drug-likeness (QED) is 0.738. The molecule has 0 aliphatic carbocycles. The van der Waals surface area contributed by atoms with E-state index in [0.717, 1.165) is 18.8 Å². The van der Waals surface area contributed by atoms with Gasteiger partial charge in [0.2, 0.25) is 0 Å². The highest BCUT2D eigenvalue weighted by Gasteiger charge is 2.35. The van der Waals surface area contributed by atoms with E-state index in [1.54, 1.807) is 0 Å². The molecule has 0 amide bonds. The lowest BCUT2D eigenvalue weighted by Crippen LogP contribution is -2.34. The van der Waals surface area contributed by atoms with Gasteiger partial charge in [-0.2, -0.15) is 0 Å². The van der Waals surface area contributed by atoms with Gasteiger partial charge in [0.1, 0.15) is 18.2 Å². The molecule has 0 radical (unpaired) electrons. The van der Waals surface area contributed by atoms with Gasteiger partial charge in [-0.3, -0.25) is 0 Å². The summed E-state index contributed by atoms with van der Waals surface area (Å²) in [6.45, 7) is 15.1. The van der Waals surface area contributed by atoms with Crippen LogP contribution < -0.4 is 0 Å². The maximum atomic E-state index is 5.88. The van der Waals surface area contributed by atoms with Crippen LogP contribution in [0.4, 0.5) is 0 Å². The van der Waals surface area contributed by atoms with Crippen molar-refractivity contribution >= 4 is 0 Å². The number of hydrogen-bond acceptors (Lipinski definition) is 3. The predicted molar refractivity (Wildman–Crippen MR) is 99.1 cm³/mol. The Morgan fingerprint density at radius 2 is 2.00 bits per heavy atom. The number of allylic oxidation sites excluding steroid dienone is 2. The standard InChI is InChI=1S/C21H28N2O/c1-16(2)23-14-20-7-5-6-12-22(20)21(23)13-18(4)24-15-19-10-8-17(3)9-11-19/h8-11,13,20H,1,4-7,12,14-15H2,2-3H3/b21-13-. The number of piperidine rings is 1. The molecule has 2 aliphatic rings. The molecule has 3 rings (SSSR count). The number of rotatable bonds is 5. The fourth-order valence-corrected chi connectivity index (χ4v) is 3.51. The second kappa shape index (κ2) is 7.16. The molecule has 24 heavy (non-hydrogen) atoms. The Hall–Kier alpha value is -2.16.